The summed E-state index contributed by atoms with van der Waals surface area (Å²) in [4.78, 5) is 28.7. The molecule has 0 bridgehead atoms. The predicted octanol–water partition coefficient (Wildman–Crippen LogP) is 2.52. The van der Waals surface area contributed by atoms with Gasteiger partial charge in [-0.05, 0) is 35.4 Å². The number of amides is 2. The lowest BCUT2D eigenvalue weighted by atomic mass is 10.0. The number of rotatable bonds is 6. The van der Waals surface area contributed by atoms with Crippen LogP contribution in [0.2, 0.25) is 0 Å². The standard InChI is InChI=1S/C23H21F3N4O4/c24-17-11-30(21(32)12-31)6-4-19(17)34-18-2-1-13(7-15(18)10-27)14-3-5-28-20(8-14)29-22(33)16-9-23(16,25)26/h1-3,5,7-8,16-17,19,31H,4,6,9,11-12H2,(H,28,29,33)/t16-,17-,19+/m1/s1. The minimum Gasteiger partial charge on any atom is -0.486 e. The predicted molar refractivity (Wildman–Crippen MR) is 114 cm³/mol. The second-order valence-corrected chi connectivity index (χ2v) is 8.22. The molecule has 0 unspecified atom stereocenters. The highest BCUT2D eigenvalue weighted by atomic mass is 19.3. The SMILES string of the molecule is N#Cc1cc(-c2ccnc(NC(=O)[C@H]3CC3(F)F)c2)ccc1O[C@H]1CCN(C(=O)CO)C[C@H]1F. The summed E-state index contributed by atoms with van der Waals surface area (Å²) in [6.07, 6.45) is -1.22. The summed E-state index contributed by atoms with van der Waals surface area (Å²) < 4.78 is 46.5. The van der Waals surface area contributed by atoms with Gasteiger partial charge in [-0.25, -0.2) is 18.2 Å². The maximum absolute atomic E-state index is 14.5. The molecule has 0 radical (unpaired) electrons. The van der Waals surface area contributed by atoms with Crippen LogP contribution in [-0.2, 0) is 9.59 Å². The second kappa shape index (κ2) is 9.30. The number of aliphatic hydroxyl groups is 1. The Bertz CT molecular complexity index is 1150. The van der Waals surface area contributed by atoms with Gasteiger partial charge in [0, 0.05) is 25.6 Å². The average Bonchev–Trinajstić information content (AvgIpc) is 3.48. The highest BCUT2D eigenvalue weighted by molar-refractivity contribution is 5.95. The van der Waals surface area contributed by atoms with Gasteiger partial charge in [-0.1, -0.05) is 6.07 Å². The molecule has 178 valence electrons. The van der Waals surface area contributed by atoms with E-state index in [1.807, 2.05) is 6.07 Å². The lowest BCUT2D eigenvalue weighted by molar-refractivity contribution is -0.138. The number of anilines is 1. The summed E-state index contributed by atoms with van der Waals surface area (Å²) in [6.45, 7) is -0.670. The van der Waals surface area contributed by atoms with E-state index in [-0.39, 0.29) is 36.6 Å². The van der Waals surface area contributed by atoms with Crippen LogP contribution in [0.4, 0.5) is 19.0 Å². The molecule has 1 saturated carbocycles. The maximum Gasteiger partial charge on any atom is 0.260 e. The highest BCUT2D eigenvalue weighted by Gasteiger charge is 2.61. The third-order valence-corrected chi connectivity index (χ3v) is 5.84. The van der Waals surface area contributed by atoms with Crippen molar-refractivity contribution in [3.8, 4) is 22.9 Å². The summed E-state index contributed by atoms with van der Waals surface area (Å²) in [7, 11) is 0. The number of pyridine rings is 1. The lowest BCUT2D eigenvalue weighted by Gasteiger charge is -2.34. The Kier molecular flexibility index (Phi) is 6.43. The highest BCUT2D eigenvalue weighted by Crippen LogP contribution is 2.49. The molecule has 2 aromatic rings. The van der Waals surface area contributed by atoms with Gasteiger partial charge in [0.15, 0.2) is 6.17 Å². The van der Waals surface area contributed by atoms with E-state index in [1.54, 1.807) is 12.1 Å². The molecule has 2 aliphatic rings. The fourth-order valence-electron chi connectivity index (χ4n) is 3.79. The molecule has 11 heteroatoms. The summed E-state index contributed by atoms with van der Waals surface area (Å²) in [5.74, 6) is -5.41. The number of hydrogen-bond donors (Lipinski definition) is 2. The smallest absolute Gasteiger partial charge is 0.260 e. The maximum atomic E-state index is 14.5. The summed E-state index contributed by atoms with van der Waals surface area (Å²) in [5, 5.41) is 20.9. The van der Waals surface area contributed by atoms with Gasteiger partial charge in [0.05, 0.1) is 12.1 Å². The van der Waals surface area contributed by atoms with E-state index in [1.165, 1.54) is 29.3 Å². The zero-order valence-electron chi connectivity index (χ0n) is 17.9. The van der Waals surface area contributed by atoms with E-state index < -0.39 is 49.0 Å². The van der Waals surface area contributed by atoms with Crippen molar-refractivity contribution in [1.82, 2.24) is 9.88 Å². The number of aliphatic hydroxyl groups excluding tert-OH is 1. The first-order valence-corrected chi connectivity index (χ1v) is 10.6. The molecule has 2 fully saturated rings. The van der Waals surface area contributed by atoms with Gasteiger partial charge in [0.25, 0.3) is 5.92 Å². The van der Waals surface area contributed by atoms with Crippen molar-refractivity contribution in [2.45, 2.75) is 31.0 Å². The normalized spacial score (nSPS) is 23.0. The van der Waals surface area contributed by atoms with E-state index in [2.05, 4.69) is 10.3 Å². The van der Waals surface area contributed by atoms with E-state index in [0.717, 1.165) is 0 Å². The van der Waals surface area contributed by atoms with Crippen LogP contribution in [0, 0.1) is 17.2 Å². The van der Waals surface area contributed by atoms with Gasteiger partial charge in [-0.3, -0.25) is 9.59 Å². The summed E-state index contributed by atoms with van der Waals surface area (Å²) >= 11 is 0. The van der Waals surface area contributed by atoms with Gasteiger partial charge in [-0.15, -0.1) is 0 Å². The van der Waals surface area contributed by atoms with Crippen molar-refractivity contribution in [2.24, 2.45) is 5.92 Å². The number of carbonyl (C=O) groups excluding carboxylic acids is 2. The van der Waals surface area contributed by atoms with Crippen molar-refractivity contribution in [1.29, 1.82) is 5.26 Å². The Balaban J connectivity index is 1.46. The largest absolute Gasteiger partial charge is 0.486 e. The Morgan fingerprint density at radius 1 is 1.29 bits per heavy atom. The third-order valence-electron chi connectivity index (χ3n) is 5.84. The molecule has 1 aromatic heterocycles. The molecule has 0 spiro atoms. The van der Waals surface area contributed by atoms with Crippen LogP contribution < -0.4 is 10.1 Å². The second-order valence-electron chi connectivity index (χ2n) is 8.22. The number of hydrogen-bond acceptors (Lipinski definition) is 6. The van der Waals surface area contributed by atoms with Gasteiger partial charge < -0.3 is 20.1 Å². The molecular formula is C23H21F3N4O4. The number of nitrogens with zero attached hydrogens (tertiary/aromatic N) is 3. The van der Waals surface area contributed by atoms with Gasteiger partial charge in [0.1, 0.15) is 36.3 Å². The Morgan fingerprint density at radius 2 is 2.03 bits per heavy atom. The molecular weight excluding hydrogens is 453 g/mol. The zero-order valence-corrected chi connectivity index (χ0v) is 17.9. The summed E-state index contributed by atoms with van der Waals surface area (Å²) in [6, 6.07) is 9.84. The molecule has 2 heterocycles. The first-order valence-electron chi connectivity index (χ1n) is 10.6. The number of piperidine rings is 1. The van der Waals surface area contributed by atoms with Gasteiger partial charge in [0.2, 0.25) is 11.8 Å². The number of ether oxygens (including phenoxy) is 1. The van der Waals surface area contributed by atoms with Crippen molar-refractivity contribution in [3.05, 3.63) is 42.1 Å². The number of benzene rings is 1. The molecule has 1 aromatic carbocycles. The Hall–Kier alpha value is -3.65. The molecule has 34 heavy (non-hydrogen) atoms. The first-order chi connectivity index (χ1) is 16.2. The molecule has 3 atom stereocenters. The number of nitrogens with one attached hydrogen (secondary N) is 1. The van der Waals surface area contributed by atoms with Crippen LogP contribution in [0.15, 0.2) is 36.5 Å². The fourth-order valence-corrected chi connectivity index (χ4v) is 3.79. The number of likely N-dealkylation sites (tertiary alicyclic amines) is 1. The van der Waals surface area contributed by atoms with E-state index in [4.69, 9.17) is 9.84 Å². The van der Waals surface area contributed by atoms with E-state index in [0.29, 0.717) is 11.1 Å². The topological polar surface area (TPSA) is 116 Å². The van der Waals surface area contributed by atoms with Crippen LogP contribution in [-0.4, -0.2) is 64.7 Å². The molecule has 1 saturated heterocycles. The van der Waals surface area contributed by atoms with Crippen molar-refractivity contribution >= 4 is 17.6 Å². The first kappa shape index (κ1) is 23.5. The van der Waals surface area contributed by atoms with Crippen molar-refractivity contribution in [2.75, 3.05) is 25.0 Å². The fraction of sp³-hybridized carbons (Fsp3) is 0.391. The minimum absolute atomic E-state index is 0.105. The Morgan fingerprint density at radius 3 is 2.68 bits per heavy atom. The summed E-state index contributed by atoms with van der Waals surface area (Å²) in [5.41, 5.74) is 1.31. The number of nitriles is 1. The number of alkyl halides is 3. The average molecular weight is 474 g/mol. The van der Waals surface area contributed by atoms with Crippen molar-refractivity contribution in [3.63, 3.8) is 0 Å². The molecule has 2 amide bonds. The molecule has 8 nitrogen and oxygen atoms in total. The number of carbonyl (C=O) groups is 2. The van der Waals surface area contributed by atoms with Crippen LogP contribution >= 0.6 is 0 Å². The van der Waals surface area contributed by atoms with E-state index >= 15 is 0 Å². The van der Waals surface area contributed by atoms with Crippen LogP contribution in [0.3, 0.4) is 0 Å². The Labute approximate surface area is 193 Å². The van der Waals surface area contributed by atoms with E-state index in [9.17, 15) is 28.0 Å². The van der Waals surface area contributed by atoms with Gasteiger partial charge in [-0.2, -0.15) is 5.26 Å². The molecule has 4 rings (SSSR count). The number of halogens is 3. The van der Waals surface area contributed by atoms with Crippen LogP contribution in [0.5, 0.6) is 5.75 Å². The minimum atomic E-state index is -2.98. The number of aromatic nitrogens is 1. The molecule has 1 aliphatic heterocycles. The van der Waals surface area contributed by atoms with Crippen LogP contribution in [0.1, 0.15) is 18.4 Å². The third kappa shape index (κ3) is 4.97. The van der Waals surface area contributed by atoms with Gasteiger partial charge >= 0.3 is 0 Å². The van der Waals surface area contributed by atoms with Crippen LogP contribution in [0.25, 0.3) is 11.1 Å². The monoisotopic (exact) mass is 474 g/mol. The van der Waals surface area contributed by atoms with Crippen molar-refractivity contribution < 1.29 is 32.6 Å². The quantitative estimate of drug-likeness (QED) is 0.665. The zero-order chi connectivity index (χ0) is 24.5. The molecule has 2 N–H and O–H groups in total. The molecule has 1 aliphatic carbocycles. The lowest BCUT2D eigenvalue weighted by Crippen LogP contribution is -2.50.